The van der Waals surface area contributed by atoms with Crippen molar-refractivity contribution in [3.63, 3.8) is 0 Å². The predicted molar refractivity (Wildman–Crippen MR) is 66.9 cm³/mol. The van der Waals surface area contributed by atoms with Gasteiger partial charge in [0.2, 0.25) is 0 Å². The van der Waals surface area contributed by atoms with Gasteiger partial charge in [-0.3, -0.25) is 0 Å². The maximum Gasteiger partial charge on any atom is 0.118 e. The van der Waals surface area contributed by atoms with Crippen LogP contribution in [-0.4, -0.2) is 12.2 Å². The van der Waals surface area contributed by atoms with Crippen molar-refractivity contribution in [2.24, 2.45) is 0 Å². The predicted octanol–water partition coefficient (Wildman–Crippen LogP) is 3.87. The van der Waals surface area contributed by atoms with Crippen LogP contribution in [-0.2, 0) is 6.42 Å². The van der Waals surface area contributed by atoms with Crippen LogP contribution in [0, 0.1) is 0 Å². The van der Waals surface area contributed by atoms with Crippen molar-refractivity contribution >= 4 is 0 Å². The van der Waals surface area contributed by atoms with Gasteiger partial charge in [-0.25, -0.2) is 0 Å². The highest BCUT2D eigenvalue weighted by molar-refractivity contribution is 5.31. The van der Waals surface area contributed by atoms with E-state index < -0.39 is 0 Å². The minimum absolute atomic E-state index is 0.551. The standard InChI is InChI=1S/C12H14O2.C2H6/c1-14-11-6-2-9(3-7-11)8-12(13)10-4-5-10;1-2/h2-3,6-7,13H,4-5,8H2,1H3;1-2H3. The van der Waals surface area contributed by atoms with Crippen LogP contribution in [0.15, 0.2) is 35.6 Å². The number of hydrogen-bond donors (Lipinski definition) is 1. The molecule has 0 bridgehead atoms. The third kappa shape index (κ3) is 3.61. The molecule has 0 spiro atoms. The van der Waals surface area contributed by atoms with E-state index in [0.29, 0.717) is 12.2 Å². The molecule has 1 aromatic rings. The van der Waals surface area contributed by atoms with E-state index in [9.17, 15) is 5.11 Å². The lowest BCUT2D eigenvalue weighted by Gasteiger charge is -2.02. The highest BCUT2D eigenvalue weighted by Crippen LogP contribution is 2.31. The summed E-state index contributed by atoms with van der Waals surface area (Å²) in [5.41, 5.74) is 2.34. The average molecular weight is 220 g/mol. The molecule has 1 fully saturated rings. The molecule has 16 heavy (non-hydrogen) atoms. The van der Waals surface area contributed by atoms with Crippen molar-refractivity contribution in [2.75, 3.05) is 7.11 Å². The Bertz CT molecular complexity index is 344. The lowest BCUT2D eigenvalue weighted by atomic mass is 10.1. The zero-order valence-corrected chi connectivity index (χ0v) is 10.3. The summed E-state index contributed by atoms with van der Waals surface area (Å²) in [7, 11) is 1.65. The fraction of sp³-hybridized carbons (Fsp3) is 0.429. The van der Waals surface area contributed by atoms with Crippen LogP contribution in [0.3, 0.4) is 0 Å². The third-order valence-electron chi connectivity index (χ3n) is 2.44. The second-order valence-electron chi connectivity index (χ2n) is 3.58. The van der Waals surface area contributed by atoms with Gasteiger partial charge in [0.1, 0.15) is 5.75 Å². The van der Waals surface area contributed by atoms with Crippen LogP contribution in [0.5, 0.6) is 5.75 Å². The largest absolute Gasteiger partial charge is 0.512 e. The number of ether oxygens (including phenoxy) is 1. The molecule has 0 heterocycles. The lowest BCUT2D eigenvalue weighted by molar-refractivity contribution is 0.395. The Morgan fingerprint density at radius 3 is 2.19 bits per heavy atom. The summed E-state index contributed by atoms with van der Waals surface area (Å²) in [5, 5.41) is 9.62. The Hall–Kier alpha value is -1.44. The number of aliphatic hydroxyl groups is 1. The normalized spacial score (nSPS) is 12.6. The second-order valence-corrected chi connectivity index (χ2v) is 3.58. The van der Waals surface area contributed by atoms with Crippen molar-refractivity contribution in [3.8, 4) is 5.75 Å². The first-order valence-electron chi connectivity index (χ1n) is 5.82. The van der Waals surface area contributed by atoms with E-state index >= 15 is 0 Å². The highest BCUT2D eigenvalue weighted by Gasteiger charge is 2.17. The summed E-state index contributed by atoms with van der Waals surface area (Å²) in [4.78, 5) is 0. The smallest absolute Gasteiger partial charge is 0.118 e. The summed E-state index contributed by atoms with van der Waals surface area (Å²) in [6.45, 7) is 4.00. The number of allylic oxidation sites excluding steroid dienone is 2. The van der Waals surface area contributed by atoms with E-state index in [1.807, 2.05) is 38.1 Å². The molecular formula is C14H20O2. The molecule has 1 saturated carbocycles. The topological polar surface area (TPSA) is 29.5 Å². The second kappa shape index (κ2) is 6.21. The molecule has 1 aromatic carbocycles. The number of rotatable bonds is 3. The van der Waals surface area contributed by atoms with Crippen molar-refractivity contribution in [1.29, 1.82) is 0 Å². The molecule has 2 heteroatoms. The van der Waals surface area contributed by atoms with E-state index in [1.54, 1.807) is 7.11 Å². The third-order valence-corrected chi connectivity index (χ3v) is 2.44. The van der Waals surface area contributed by atoms with Crippen molar-refractivity contribution in [1.82, 2.24) is 0 Å². The van der Waals surface area contributed by atoms with Crippen LogP contribution in [0.2, 0.25) is 0 Å². The van der Waals surface area contributed by atoms with Crippen molar-refractivity contribution in [3.05, 3.63) is 41.2 Å². The number of aliphatic hydroxyl groups excluding tert-OH is 1. The summed E-state index contributed by atoms with van der Waals surface area (Å²) >= 11 is 0. The summed E-state index contributed by atoms with van der Waals surface area (Å²) in [5.74, 6) is 1.41. The lowest BCUT2D eigenvalue weighted by Crippen LogP contribution is -1.90. The first-order valence-corrected chi connectivity index (χ1v) is 5.82. The fourth-order valence-electron chi connectivity index (χ4n) is 1.41. The van der Waals surface area contributed by atoms with Gasteiger partial charge in [-0.05, 0) is 36.1 Å². The van der Waals surface area contributed by atoms with Gasteiger partial charge in [-0.2, -0.15) is 0 Å². The van der Waals surface area contributed by atoms with Gasteiger partial charge in [0.05, 0.1) is 12.9 Å². The zero-order chi connectivity index (χ0) is 12.0. The van der Waals surface area contributed by atoms with Crippen molar-refractivity contribution < 1.29 is 9.84 Å². The molecule has 0 saturated heterocycles. The van der Waals surface area contributed by atoms with Gasteiger partial charge in [-0.15, -0.1) is 0 Å². The Kier molecular flexibility index (Phi) is 4.90. The Labute approximate surface area is 97.6 Å². The van der Waals surface area contributed by atoms with Crippen LogP contribution in [0.25, 0.3) is 0 Å². The van der Waals surface area contributed by atoms with Gasteiger partial charge >= 0.3 is 0 Å². The van der Waals surface area contributed by atoms with E-state index in [0.717, 1.165) is 24.2 Å². The summed E-state index contributed by atoms with van der Waals surface area (Å²) < 4.78 is 5.06. The minimum atomic E-state index is 0.551. The zero-order valence-electron chi connectivity index (χ0n) is 10.3. The number of hydrogen-bond acceptors (Lipinski definition) is 2. The molecule has 1 aliphatic carbocycles. The monoisotopic (exact) mass is 220 g/mol. The Morgan fingerprint density at radius 2 is 1.75 bits per heavy atom. The van der Waals surface area contributed by atoms with E-state index in [-0.39, 0.29) is 0 Å². The SMILES string of the molecule is CC.COc1ccc(CC(O)=C2CC2)cc1. The first-order chi connectivity index (χ1) is 7.79. The molecule has 0 unspecified atom stereocenters. The highest BCUT2D eigenvalue weighted by atomic mass is 16.5. The van der Waals surface area contributed by atoms with Crippen molar-refractivity contribution in [2.45, 2.75) is 33.1 Å². The first kappa shape index (κ1) is 12.6. The summed E-state index contributed by atoms with van der Waals surface area (Å²) in [6.07, 6.45) is 2.79. The van der Waals surface area contributed by atoms with Gasteiger partial charge in [0.15, 0.2) is 0 Å². The maximum absolute atomic E-state index is 9.62. The van der Waals surface area contributed by atoms with Crippen LogP contribution < -0.4 is 4.74 Å². The Balaban J connectivity index is 0.000000606. The molecule has 1 N–H and O–H groups in total. The minimum Gasteiger partial charge on any atom is -0.512 e. The molecule has 0 amide bonds. The Morgan fingerprint density at radius 1 is 1.19 bits per heavy atom. The maximum atomic E-state index is 9.62. The quantitative estimate of drug-likeness (QED) is 0.783. The molecule has 0 atom stereocenters. The van der Waals surface area contributed by atoms with Gasteiger partial charge in [0.25, 0.3) is 0 Å². The average Bonchev–Trinajstić information content (AvgIpc) is 3.16. The van der Waals surface area contributed by atoms with Gasteiger partial charge in [-0.1, -0.05) is 26.0 Å². The molecule has 2 rings (SSSR count). The molecule has 0 radical (unpaired) electrons. The molecule has 1 aliphatic rings. The van der Waals surface area contributed by atoms with Crippen LogP contribution in [0.1, 0.15) is 32.3 Å². The van der Waals surface area contributed by atoms with E-state index in [1.165, 1.54) is 5.57 Å². The summed E-state index contributed by atoms with van der Waals surface area (Å²) in [6, 6.07) is 7.80. The van der Waals surface area contributed by atoms with Crippen LogP contribution >= 0.6 is 0 Å². The number of methoxy groups -OCH3 is 1. The van der Waals surface area contributed by atoms with E-state index in [4.69, 9.17) is 4.74 Å². The van der Waals surface area contributed by atoms with Gasteiger partial charge < -0.3 is 9.84 Å². The molecule has 2 nitrogen and oxygen atoms in total. The van der Waals surface area contributed by atoms with E-state index in [2.05, 4.69) is 0 Å². The fourth-order valence-corrected chi connectivity index (χ4v) is 1.41. The van der Waals surface area contributed by atoms with Crippen LogP contribution in [0.4, 0.5) is 0 Å². The molecule has 88 valence electrons. The number of benzene rings is 1. The molecule has 0 aromatic heterocycles. The molecule has 0 aliphatic heterocycles. The van der Waals surface area contributed by atoms with Gasteiger partial charge in [0, 0.05) is 6.42 Å². The molecular weight excluding hydrogens is 200 g/mol.